The van der Waals surface area contributed by atoms with Crippen molar-refractivity contribution in [3.05, 3.63) is 58.7 Å². The SMILES string of the molecule is O=C(O)c1ncc(COCCc2ccc(F)cc2)c(CO)c1O. The van der Waals surface area contributed by atoms with Crippen molar-refractivity contribution in [2.75, 3.05) is 6.61 Å². The number of ether oxygens (including phenoxy) is 1. The Morgan fingerprint density at radius 3 is 2.57 bits per heavy atom. The molecule has 0 atom stereocenters. The van der Waals surface area contributed by atoms with Crippen molar-refractivity contribution in [2.24, 2.45) is 0 Å². The van der Waals surface area contributed by atoms with Gasteiger partial charge in [-0.1, -0.05) is 12.1 Å². The second-order valence-corrected chi connectivity index (χ2v) is 4.85. The van der Waals surface area contributed by atoms with Crippen molar-refractivity contribution in [1.82, 2.24) is 4.98 Å². The van der Waals surface area contributed by atoms with Gasteiger partial charge in [-0.15, -0.1) is 0 Å². The quantitative estimate of drug-likeness (QED) is 0.673. The minimum atomic E-state index is -1.37. The van der Waals surface area contributed by atoms with Gasteiger partial charge in [-0.25, -0.2) is 14.2 Å². The zero-order valence-electron chi connectivity index (χ0n) is 12.2. The maximum Gasteiger partial charge on any atom is 0.358 e. The van der Waals surface area contributed by atoms with Crippen molar-refractivity contribution in [1.29, 1.82) is 0 Å². The highest BCUT2D eigenvalue weighted by molar-refractivity contribution is 5.89. The van der Waals surface area contributed by atoms with Crippen LogP contribution in [0.5, 0.6) is 5.75 Å². The van der Waals surface area contributed by atoms with E-state index < -0.39 is 24.0 Å². The minimum absolute atomic E-state index is 0.0670. The number of aliphatic hydroxyl groups excluding tert-OH is 1. The van der Waals surface area contributed by atoms with Crippen LogP contribution in [0.1, 0.15) is 27.2 Å². The number of carboxylic acid groups (broad SMARTS) is 1. The summed E-state index contributed by atoms with van der Waals surface area (Å²) in [5.74, 6) is -2.23. The first-order valence-corrected chi connectivity index (χ1v) is 6.89. The highest BCUT2D eigenvalue weighted by Gasteiger charge is 2.18. The van der Waals surface area contributed by atoms with Crippen LogP contribution >= 0.6 is 0 Å². The van der Waals surface area contributed by atoms with Gasteiger partial charge in [0.25, 0.3) is 0 Å². The van der Waals surface area contributed by atoms with Gasteiger partial charge in [-0.3, -0.25) is 0 Å². The standard InChI is InChI=1S/C16H16FNO5/c17-12-3-1-10(2-4-12)5-6-23-9-11-7-18-14(16(21)22)15(20)13(11)8-19/h1-4,7,19-20H,5-6,8-9H2,(H,21,22). The number of aromatic hydroxyl groups is 1. The summed E-state index contributed by atoms with van der Waals surface area (Å²) in [5.41, 5.74) is 0.897. The van der Waals surface area contributed by atoms with E-state index in [1.165, 1.54) is 18.3 Å². The third kappa shape index (κ3) is 4.24. The fourth-order valence-electron chi connectivity index (χ4n) is 2.06. The second kappa shape index (κ2) is 7.66. The fraction of sp³-hybridized carbons (Fsp3) is 0.250. The number of hydrogen-bond acceptors (Lipinski definition) is 5. The Morgan fingerprint density at radius 2 is 1.96 bits per heavy atom. The fourth-order valence-corrected chi connectivity index (χ4v) is 2.06. The van der Waals surface area contributed by atoms with Crippen LogP contribution in [0.15, 0.2) is 30.5 Å². The molecule has 0 amide bonds. The van der Waals surface area contributed by atoms with E-state index in [2.05, 4.69) is 4.98 Å². The molecular weight excluding hydrogens is 305 g/mol. The van der Waals surface area contributed by atoms with E-state index in [9.17, 15) is 19.4 Å². The average molecular weight is 321 g/mol. The third-order valence-electron chi connectivity index (χ3n) is 3.31. The molecule has 0 spiro atoms. The topological polar surface area (TPSA) is 99.9 Å². The number of halogens is 1. The number of pyridine rings is 1. The van der Waals surface area contributed by atoms with Crippen LogP contribution in [0.3, 0.4) is 0 Å². The molecule has 0 aliphatic carbocycles. The Hall–Kier alpha value is -2.51. The number of aromatic nitrogens is 1. The molecular formula is C16H16FNO5. The molecule has 0 fully saturated rings. The number of aromatic carboxylic acids is 1. The Morgan fingerprint density at radius 1 is 1.26 bits per heavy atom. The highest BCUT2D eigenvalue weighted by Crippen LogP contribution is 2.25. The van der Waals surface area contributed by atoms with Gasteiger partial charge in [0.2, 0.25) is 0 Å². The highest BCUT2D eigenvalue weighted by atomic mass is 19.1. The number of rotatable bonds is 7. The minimum Gasteiger partial charge on any atom is -0.505 e. The number of aliphatic hydroxyl groups is 1. The maximum atomic E-state index is 12.8. The molecule has 3 N–H and O–H groups in total. The molecule has 0 radical (unpaired) electrons. The molecule has 1 aromatic carbocycles. The molecule has 7 heteroatoms. The van der Waals surface area contributed by atoms with E-state index >= 15 is 0 Å². The predicted octanol–water partition coefficient (Wildman–Crippen LogP) is 1.88. The second-order valence-electron chi connectivity index (χ2n) is 4.85. The Labute approximate surface area is 131 Å². The molecule has 0 aliphatic heterocycles. The maximum absolute atomic E-state index is 12.8. The Bertz CT molecular complexity index is 688. The molecule has 1 aromatic heterocycles. The van der Waals surface area contributed by atoms with Gasteiger partial charge in [0.1, 0.15) is 5.82 Å². The number of carboxylic acids is 1. The van der Waals surface area contributed by atoms with Gasteiger partial charge in [0.05, 0.1) is 19.8 Å². The van der Waals surface area contributed by atoms with Crippen LogP contribution in [-0.4, -0.2) is 32.9 Å². The zero-order chi connectivity index (χ0) is 16.8. The first kappa shape index (κ1) is 16.9. The van der Waals surface area contributed by atoms with E-state index in [0.29, 0.717) is 18.6 Å². The lowest BCUT2D eigenvalue weighted by Crippen LogP contribution is -2.08. The molecule has 23 heavy (non-hydrogen) atoms. The number of nitrogens with zero attached hydrogens (tertiary/aromatic N) is 1. The van der Waals surface area contributed by atoms with Crippen LogP contribution in [0, 0.1) is 5.82 Å². The van der Waals surface area contributed by atoms with E-state index in [4.69, 9.17) is 9.84 Å². The van der Waals surface area contributed by atoms with Gasteiger partial charge >= 0.3 is 5.97 Å². The molecule has 2 aromatic rings. The summed E-state index contributed by atoms with van der Waals surface area (Å²) in [5, 5.41) is 28.0. The molecule has 0 unspecified atom stereocenters. The summed E-state index contributed by atoms with van der Waals surface area (Å²) in [7, 11) is 0. The summed E-state index contributed by atoms with van der Waals surface area (Å²) >= 11 is 0. The van der Waals surface area contributed by atoms with Gasteiger partial charge in [0, 0.05) is 17.3 Å². The van der Waals surface area contributed by atoms with Crippen LogP contribution in [0.4, 0.5) is 4.39 Å². The van der Waals surface area contributed by atoms with Crippen molar-refractivity contribution in [2.45, 2.75) is 19.6 Å². The van der Waals surface area contributed by atoms with Crippen molar-refractivity contribution in [3.63, 3.8) is 0 Å². The lowest BCUT2D eigenvalue weighted by atomic mass is 10.1. The van der Waals surface area contributed by atoms with Crippen LogP contribution in [0.25, 0.3) is 0 Å². The van der Waals surface area contributed by atoms with Crippen molar-refractivity contribution >= 4 is 5.97 Å². The summed E-state index contributed by atoms with van der Waals surface area (Å²) in [6, 6.07) is 6.05. The molecule has 0 bridgehead atoms. The van der Waals surface area contributed by atoms with E-state index in [1.807, 2.05) is 0 Å². The zero-order valence-corrected chi connectivity index (χ0v) is 12.2. The Balaban J connectivity index is 1.96. The lowest BCUT2D eigenvalue weighted by molar-refractivity contribution is 0.0685. The van der Waals surface area contributed by atoms with E-state index in [1.54, 1.807) is 12.1 Å². The predicted molar refractivity (Wildman–Crippen MR) is 78.5 cm³/mol. The van der Waals surface area contributed by atoms with E-state index in [0.717, 1.165) is 5.56 Å². The first-order chi connectivity index (χ1) is 11.0. The number of hydrogen-bond donors (Lipinski definition) is 3. The van der Waals surface area contributed by atoms with E-state index in [-0.39, 0.29) is 18.0 Å². The van der Waals surface area contributed by atoms with Crippen molar-refractivity contribution in [3.8, 4) is 5.75 Å². The van der Waals surface area contributed by atoms with Gasteiger partial charge in [-0.2, -0.15) is 0 Å². The van der Waals surface area contributed by atoms with Crippen LogP contribution < -0.4 is 0 Å². The Kier molecular flexibility index (Phi) is 5.61. The van der Waals surface area contributed by atoms with Crippen molar-refractivity contribution < 1.29 is 29.2 Å². The third-order valence-corrected chi connectivity index (χ3v) is 3.31. The normalized spacial score (nSPS) is 10.7. The van der Waals surface area contributed by atoms with Gasteiger partial charge < -0.3 is 20.1 Å². The largest absolute Gasteiger partial charge is 0.505 e. The summed E-state index contributed by atoms with van der Waals surface area (Å²) in [6.07, 6.45) is 1.83. The lowest BCUT2D eigenvalue weighted by Gasteiger charge is -2.11. The summed E-state index contributed by atoms with van der Waals surface area (Å²) in [6.45, 7) is -0.110. The van der Waals surface area contributed by atoms with Crippen LogP contribution in [-0.2, 0) is 24.4 Å². The van der Waals surface area contributed by atoms with Gasteiger partial charge in [0.15, 0.2) is 11.4 Å². The van der Waals surface area contributed by atoms with Crippen LogP contribution in [0.2, 0.25) is 0 Å². The average Bonchev–Trinajstić information content (AvgIpc) is 2.53. The molecule has 122 valence electrons. The summed E-state index contributed by atoms with van der Waals surface area (Å²) in [4.78, 5) is 14.5. The first-order valence-electron chi connectivity index (χ1n) is 6.89. The number of carbonyl (C=O) groups is 1. The molecule has 0 saturated carbocycles. The van der Waals surface area contributed by atoms with Gasteiger partial charge in [-0.05, 0) is 24.1 Å². The summed E-state index contributed by atoms with van der Waals surface area (Å²) < 4.78 is 18.2. The molecule has 0 saturated heterocycles. The molecule has 0 aliphatic rings. The monoisotopic (exact) mass is 321 g/mol. The molecule has 6 nitrogen and oxygen atoms in total. The number of benzene rings is 1. The smallest absolute Gasteiger partial charge is 0.358 e. The molecule has 1 heterocycles. The molecule has 2 rings (SSSR count).